The molecule has 0 saturated carbocycles. The average molecular weight is 231 g/mol. The molecule has 0 atom stereocenters. The Morgan fingerprint density at radius 1 is 1.44 bits per heavy atom. The summed E-state index contributed by atoms with van der Waals surface area (Å²) in [5.74, 6) is -0.757. The minimum Gasteiger partial charge on any atom is -0.434 e. The second-order valence-electron chi connectivity index (χ2n) is 2.99. The lowest BCUT2D eigenvalue weighted by Crippen LogP contribution is -2.05. The first-order valence-electron chi connectivity index (χ1n) is 4.69. The molecule has 0 unspecified atom stereocenters. The van der Waals surface area contributed by atoms with Gasteiger partial charge in [-0.1, -0.05) is 18.2 Å². The van der Waals surface area contributed by atoms with E-state index in [0.717, 1.165) is 0 Å². The molecular weight excluding hydrogens is 219 g/mol. The zero-order valence-corrected chi connectivity index (χ0v) is 8.71. The van der Waals surface area contributed by atoms with Crippen LogP contribution in [-0.2, 0) is 0 Å². The topological polar surface area (TPSA) is 21.3 Å². The Labute approximate surface area is 91.7 Å². The predicted octanol–water partition coefficient (Wildman–Crippen LogP) is 2.66. The first-order valence-corrected chi connectivity index (χ1v) is 4.69. The summed E-state index contributed by atoms with van der Waals surface area (Å²) in [5.41, 5.74) is 0.0260. The molecule has 0 saturated heterocycles. The molecular formula is C11H12F3NO. The van der Waals surface area contributed by atoms with E-state index in [1.807, 2.05) is 0 Å². The highest BCUT2D eigenvalue weighted by Crippen LogP contribution is 2.24. The monoisotopic (exact) mass is 231 g/mol. The summed E-state index contributed by atoms with van der Waals surface area (Å²) in [6, 6.07) is 3.81. The standard InChI is InChI=1S/C11H12F3NO/c1-15-7-3-4-8-9(12)5-2-6-10(8)16-11(13)14/h2-6,11,15H,7H2,1H3. The van der Waals surface area contributed by atoms with E-state index in [1.165, 1.54) is 24.3 Å². The molecule has 0 aliphatic rings. The van der Waals surface area contributed by atoms with E-state index in [2.05, 4.69) is 10.1 Å². The lowest BCUT2D eigenvalue weighted by atomic mass is 10.1. The van der Waals surface area contributed by atoms with Gasteiger partial charge in [0.2, 0.25) is 0 Å². The molecule has 1 N–H and O–H groups in total. The van der Waals surface area contributed by atoms with Crippen molar-refractivity contribution in [3.63, 3.8) is 0 Å². The van der Waals surface area contributed by atoms with Crippen LogP contribution in [0.4, 0.5) is 13.2 Å². The van der Waals surface area contributed by atoms with Crippen LogP contribution in [-0.4, -0.2) is 20.2 Å². The summed E-state index contributed by atoms with van der Waals surface area (Å²) in [4.78, 5) is 0. The van der Waals surface area contributed by atoms with Crippen LogP contribution >= 0.6 is 0 Å². The molecule has 1 rings (SSSR count). The first kappa shape index (κ1) is 12.6. The SMILES string of the molecule is CNCC=Cc1c(F)cccc1OC(F)F. The summed E-state index contributed by atoms with van der Waals surface area (Å²) >= 11 is 0. The van der Waals surface area contributed by atoms with E-state index in [0.29, 0.717) is 6.54 Å². The van der Waals surface area contributed by atoms with Crippen LogP contribution in [0, 0.1) is 5.82 Å². The summed E-state index contributed by atoms with van der Waals surface area (Å²) in [6.45, 7) is -2.44. The van der Waals surface area contributed by atoms with Crippen LogP contribution in [0.25, 0.3) is 6.08 Å². The van der Waals surface area contributed by atoms with Crippen molar-refractivity contribution in [1.82, 2.24) is 5.32 Å². The summed E-state index contributed by atoms with van der Waals surface area (Å²) in [7, 11) is 1.72. The third kappa shape index (κ3) is 3.58. The van der Waals surface area contributed by atoms with Crippen molar-refractivity contribution in [2.75, 3.05) is 13.6 Å². The van der Waals surface area contributed by atoms with E-state index < -0.39 is 12.4 Å². The highest BCUT2D eigenvalue weighted by molar-refractivity contribution is 5.58. The van der Waals surface area contributed by atoms with Crippen LogP contribution in [0.15, 0.2) is 24.3 Å². The van der Waals surface area contributed by atoms with Gasteiger partial charge < -0.3 is 10.1 Å². The van der Waals surface area contributed by atoms with Gasteiger partial charge in [-0.3, -0.25) is 0 Å². The van der Waals surface area contributed by atoms with Crippen molar-refractivity contribution >= 4 is 6.08 Å². The molecule has 0 aromatic heterocycles. The second kappa shape index (κ2) is 6.17. The van der Waals surface area contributed by atoms with Crippen LogP contribution in [0.2, 0.25) is 0 Å². The highest BCUT2D eigenvalue weighted by Gasteiger charge is 2.10. The summed E-state index contributed by atoms with van der Waals surface area (Å²) in [6.07, 6.45) is 3.03. The lowest BCUT2D eigenvalue weighted by Gasteiger charge is -2.08. The Morgan fingerprint density at radius 3 is 2.81 bits per heavy atom. The fraction of sp³-hybridized carbons (Fsp3) is 0.273. The third-order valence-electron chi connectivity index (χ3n) is 1.84. The average Bonchev–Trinajstić information content (AvgIpc) is 2.21. The van der Waals surface area contributed by atoms with Crippen molar-refractivity contribution in [3.8, 4) is 5.75 Å². The Kier molecular flexibility index (Phi) is 4.85. The highest BCUT2D eigenvalue weighted by atomic mass is 19.3. The minimum atomic E-state index is -2.96. The van der Waals surface area contributed by atoms with Gasteiger partial charge in [0.25, 0.3) is 0 Å². The third-order valence-corrected chi connectivity index (χ3v) is 1.84. The molecule has 0 radical (unpaired) electrons. The molecule has 1 aromatic carbocycles. The van der Waals surface area contributed by atoms with E-state index in [1.54, 1.807) is 13.1 Å². The smallest absolute Gasteiger partial charge is 0.387 e. The van der Waals surface area contributed by atoms with Gasteiger partial charge >= 0.3 is 6.61 Å². The molecule has 0 bridgehead atoms. The van der Waals surface area contributed by atoms with Crippen molar-refractivity contribution in [2.45, 2.75) is 6.61 Å². The number of ether oxygens (including phenoxy) is 1. The van der Waals surface area contributed by atoms with Gasteiger partial charge in [0.1, 0.15) is 11.6 Å². The number of hydrogen-bond donors (Lipinski definition) is 1. The van der Waals surface area contributed by atoms with Gasteiger partial charge in [0.05, 0.1) is 5.56 Å². The number of likely N-dealkylation sites (N-methyl/N-ethyl adjacent to an activating group) is 1. The lowest BCUT2D eigenvalue weighted by molar-refractivity contribution is -0.0501. The van der Waals surface area contributed by atoms with Crippen LogP contribution in [0.5, 0.6) is 5.75 Å². The number of rotatable bonds is 5. The van der Waals surface area contributed by atoms with Crippen molar-refractivity contribution in [3.05, 3.63) is 35.7 Å². The van der Waals surface area contributed by atoms with E-state index in [9.17, 15) is 13.2 Å². The molecule has 5 heteroatoms. The fourth-order valence-electron chi connectivity index (χ4n) is 1.17. The molecule has 0 spiro atoms. The molecule has 2 nitrogen and oxygen atoms in total. The van der Waals surface area contributed by atoms with E-state index in [-0.39, 0.29) is 11.3 Å². The number of benzene rings is 1. The molecule has 0 aliphatic heterocycles. The van der Waals surface area contributed by atoms with Crippen LogP contribution in [0.1, 0.15) is 5.56 Å². The van der Waals surface area contributed by atoms with Gasteiger partial charge in [-0.25, -0.2) is 4.39 Å². The number of nitrogens with one attached hydrogen (secondary N) is 1. The van der Waals surface area contributed by atoms with Crippen LogP contribution < -0.4 is 10.1 Å². The Bertz CT molecular complexity index is 366. The van der Waals surface area contributed by atoms with Crippen molar-refractivity contribution in [1.29, 1.82) is 0 Å². The molecule has 1 aromatic rings. The maximum absolute atomic E-state index is 13.3. The van der Waals surface area contributed by atoms with Gasteiger partial charge in [0.15, 0.2) is 0 Å². The fourth-order valence-corrected chi connectivity index (χ4v) is 1.17. The number of halogens is 3. The summed E-state index contributed by atoms with van der Waals surface area (Å²) < 4.78 is 41.6. The zero-order valence-electron chi connectivity index (χ0n) is 8.71. The van der Waals surface area contributed by atoms with Gasteiger partial charge in [-0.15, -0.1) is 0 Å². The molecule has 0 fully saturated rings. The zero-order chi connectivity index (χ0) is 12.0. The molecule has 0 heterocycles. The molecule has 0 amide bonds. The van der Waals surface area contributed by atoms with Gasteiger partial charge in [-0.2, -0.15) is 8.78 Å². The van der Waals surface area contributed by atoms with E-state index >= 15 is 0 Å². The number of alkyl halides is 2. The molecule has 0 aliphatic carbocycles. The predicted molar refractivity (Wildman–Crippen MR) is 56.0 cm³/mol. The Balaban J connectivity index is 2.94. The Hall–Kier alpha value is -1.49. The normalized spacial score (nSPS) is 11.3. The largest absolute Gasteiger partial charge is 0.434 e. The number of hydrogen-bond acceptors (Lipinski definition) is 2. The van der Waals surface area contributed by atoms with E-state index in [4.69, 9.17) is 0 Å². The van der Waals surface area contributed by atoms with Crippen molar-refractivity contribution in [2.24, 2.45) is 0 Å². The first-order chi connectivity index (χ1) is 7.65. The minimum absolute atomic E-state index is 0.0260. The maximum atomic E-state index is 13.3. The van der Waals surface area contributed by atoms with Gasteiger partial charge in [-0.05, 0) is 19.2 Å². The molecule has 16 heavy (non-hydrogen) atoms. The Morgan fingerprint density at radius 2 is 2.19 bits per heavy atom. The maximum Gasteiger partial charge on any atom is 0.387 e. The van der Waals surface area contributed by atoms with Crippen LogP contribution in [0.3, 0.4) is 0 Å². The van der Waals surface area contributed by atoms with Crippen molar-refractivity contribution < 1.29 is 17.9 Å². The molecule has 88 valence electrons. The quantitative estimate of drug-likeness (QED) is 0.841. The second-order valence-corrected chi connectivity index (χ2v) is 2.99. The summed E-state index contributed by atoms with van der Waals surface area (Å²) in [5, 5.41) is 2.82. The van der Waals surface area contributed by atoms with Gasteiger partial charge in [0, 0.05) is 6.54 Å².